The number of nitrogens with one attached hydrogen (secondary N) is 1. The highest BCUT2D eigenvalue weighted by Crippen LogP contribution is 2.23. The first-order valence-electron chi connectivity index (χ1n) is 7.16. The van der Waals surface area contributed by atoms with Crippen LogP contribution in [0.1, 0.15) is 5.56 Å². The van der Waals surface area contributed by atoms with E-state index in [-0.39, 0.29) is 0 Å². The first kappa shape index (κ1) is 14.8. The molecule has 1 N–H and O–H groups in total. The summed E-state index contributed by atoms with van der Waals surface area (Å²) in [4.78, 5) is 4.39. The lowest BCUT2D eigenvalue weighted by atomic mass is 10.2. The van der Waals surface area contributed by atoms with Crippen LogP contribution < -0.4 is 14.9 Å². The first-order valence-corrected chi connectivity index (χ1v) is 7.16. The van der Waals surface area contributed by atoms with Crippen LogP contribution in [0.5, 0.6) is 11.5 Å². The van der Waals surface area contributed by atoms with Crippen molar-refractivity contribution in [2.75, 3.05) is 19.6 Å². The van der Waals surface area contributed by atoms with Crippen LogP contribution in [0.2, 0.25) is 0 Å². The van der Waals surface area contributed by atoms with Gasteiger partial charge in [-0.05, 0) is 30.3 Å². The molecule has 1 aromatic heterocycles. The van der Waals surface area contributed by atoms with E-state index in [9.17, 15) is 0 Å². The number of methoxy groups -OCH3 is 2. The van der Waals surface area contributed by atoms with E-state index in [1.165, 1.54) is 0 Å². The average molecular weight is 307 g/mol. The van der Waals surface area contributed by atoms with E-state index < -0.39 is 0 Å². The third-order valence-electron chi connectivity index (χ3n) is 3.46. The molecule has 0 spiro atoms. The van der Waals surface area contributed by atoms with Crippen LogP contribution in [0.4, 0.5) is 5.69 Å². The van der Waals surface area contributed by atoms with E-state index in [1.807, 2.05) is 48.5 Å². The molecule has 2 aromatic carbocycles. The van der Waals surface area contributed by atoms with Gasteiger partial charge in [-0.2, -0.15) is 5.10 Å². The molecule has 23 heavy (non-hydrogen) atoms. The second kappa shape index (κ2) is 6.79. The van der Waals surface area contributed by atoms with Crippen molar-refractivity contribution in [2.24, 2.45) is 5.10 Å². The fourth-order valence-corrected chi connectivity index (χ4v) is 2.31. The van der Waals surface area contributed by atoms with Crippen molar-refractivity contribution in [3.63, 3.8) is 0 Å². The highest BCUT2D eigenvalue weighted by Gasteiger charge is 2.03. The van der Waals surface area contributed by atoms with Gasteiger partial charge in [-0.1, -0.05) is 18.2 Å². The van der Waals surface area contributed by atoms with E-state index in [4.69, 9.17) is 9.47 Å². The Morgan fingerprint density at radius 1 is 1.04 bits per heavy atom. The average Bonchev–Trinajstić information content (AvgIpc) is 2.61. The number of ether oxygens (including phenoxy) is 2. The van der Waals surface area contributed by atoms with Crippen molar-refractivity contribution in [1.82, 2.24) is 4.98 Å². The molecule has 0 aliphatic carbocycles. The van der Waals surface area contributed by atoms with Gasteiger partial charge in [-0.3, -0.25) is 10.4 Å². The molecule has 5 nitrogen and oxygen atoms in total. The molecule has 0 saturated heterocycles. The van der Waals surface area contributed by atoms with Crippen molar-refractivity contribution in [1.29, 1.82) is 0 Å². The fourth-order valence-electron chi connectivity index (χ4n) is 2.31. The van der Waals surface area contributed by atoms with Gasteiger partial charge >= 0.3 is 0 Å². The van der Waals surface area contributed by atoms with Crippen LogP contribution in [0, 0.1) is 0 Å². The van der Waals surface area contributed by atoms with Gasteiger partial charge in [0.25, 0.3) is 0 Å². The van der Waals surface area contributed by atoms with Crippen molar-refractivity contribution in [2.45, 2.75) is 0 Å². The van der Waals surface area contributed by atoms with Gasteiger partial charge in [-0.25, -0.2) is 0 Å². The minimum absolute atomic E-state index is 0.729. The SMILES string of the molecule is COc1ccc(OC)c(/C=N\Nc2cccc3cccnc23)c1. The summed E-state index contributed by atoms with van der Waals surface area (Å²) in [6.45, 7) is 0. The second-order valence-corrected chi connectivity index (χ2v) is 4.86. The summed E-state index contributed by atoms with van der Waals surface area (Å²) >= 11 is 0. The molecule has 0 aliphatic heterocycles. The predicted molar refractivity (Wildman–Crippen MR) is 92.5 cm³/mol. The maximum absolute atomic E-state index is 5.33. The smallest absolute Gasteiger partial charge is 0.127 e. The van der Waals surface area contributed by atoms with Gasteiger partial charge in [0.15, 0.2) is 0 Å². The molecule has 0 unspecified atom stereocenters. The minimum atomic E-state index is 0.729. The molecular weight excluding hydrogens is 290 g/mol. The lowest BCUT2D eigenvalue weighted by Crippen LogP contribution is -1.96. The Hall–Kier alpha value is -3.08. The first-order chi connectivity index (χ1) is 11.3. The third kappa shape index (κ3) is 3.23. The number of aromatic nitrogens is 1. The number of nitrogens with zero attached hydrogens (tertiary/aromatic N) is 2. The Morgan fingerprint density at radius 2 is 1.91 bits per heavy atom. The summed E-state index contributed by atoms with van der Waals surface area (Å²) in [5.41, 5.74) is 5.59. The maximum Gasteiger partial charge on any atom is 0.127 e. The molecular formula is C18H17N3O2. The number of hydrogen-bond acceptors (Lipinski definition) is 5. The Morgan fingerprint density at radius 3 is 2.74 bits per heavy atom. The van der Waals surface area contributed by atoms with Gasteiger partial charge in [0.05, 0.1) is 31.6 Å². The Kier molecular flexibility index (Phi) is 4.38. The Bertz CT molecular complexity index is 841. The minimum Gasteiger partial charge on any atom is -0.497 e. The molecule has 0 aliphatic rings. The summed E-state index contributed by atoms with van der Waals surface area (Å²) in [7, 11) is 3.25. The molecule has 0 saturated carbocycles. The van der Waals surface area contributed by atoms with Gasteiger partial charge in [0, 0.05) is 17.1 Å². The lowest BCUT2D eigenvalue weighted by Gasteiger charge is -2.07. The summed E-state index contributed by atoms with van der Waals surface area (Å²) in [5.74, 6) is 1.48. The number of hydrazone groups is 1. The zero-order valence-corrected chi connectivity index (χ0v) is 13.0. The zero-order valence-electron chi connectivity index (χ0n) is 13.0. The van der Waals surface area contributed by atoms with Crippen molar-refractivity contribution in [3.05, 3.63) is 60.3 Å². The van der Waals surface area contributed by atoms with Crippen LogP contribution in [0.15, 0.2) is 59.8 Å². The highest BCUT2D eigenvalue weighted by atomic mass is 16.5. The van der Waals surface area contributed by atoms with Crippen LogP contribution in [0.25, 0.3) is 10.9 Å². The van der Waals surface area contributed by atoms with Crippen molar-refractivity contribution in [3.8, 4) is 11.5 Å². The largest absolute Gasteiger partial charge is 0.497 e. The quantitative estimate of drug-likeness (QED) is 0.577. The number of fused-ring (bicyclic) bond motifs is 1. The van der Waals surface area contributed by atoms with Crippen molar-refractivity contribution >= 4 is 22.8 Å². The highest BCUT2D eigenvalue weighted by molar-refractivity contribution is 5.91. The zero-order chi connectivity index (χ0) is 16.1. The maximum atomic E-state index is 5.33. The van der Waals surface area contributed by atoms with E-state index in [0.29, 0.717) is 0 Å². The van der Waals surface area contributed by atoms with E-state index in [0.717, 1.165) is 33.7 Å². The Balaban J connectivity index is 1.86. The molecule has 3 aromatic rings. The molecule has 0 amide bonds. The number of para-hydroxylation sites is 1. The van der Waals surface area contributed by atoms with Crippen LogP contribution in [0.3, 0.4) is 0 Å². The monoisotopic (exact) mass is 307 g/mol. The molecule has 0 radical (unpaired) electrons. The Labute approximate surface area is 134 Å². The van der Waals surface area contributed by atoms with Gasteiger partial charge in [0.2, 0.25) is 0 Å². The van der Waals surface area contributed by atoms with Crippen molar-refractivity contribution < 1.29 is 9.47 Å². The normalized spacial score (nSPS) is 10.9. The van der Waals surface area contributed by atoms with E-state index in [2.05, 4.69) is 15.5 Å². The molecule has 0 atom stereocenters. The standard InChI is InChI=1S/C18H17N3O2/c1-22-15-8-9-17(23-2)14(11-15)12-20-21-16-7-3-5-13-6-4-10-19-18(13)16/h3-12,21H,1-2H3/b20-12-. The lowest BCUT2D eigenvalue weighted by molar-refractivity contribution is 0.402. The number of anilines is 1. The summed E-state index contributed by atoms with van der Waals surface area (Å²) in [6.07, 6.45) is 3.46. The van der Waals surface area contributed by atoms with Crippen LogP contribution >= 0.6 is 0 Å². The topological polar surface area (TPSA) is 55.7 Å². The molecule has 3 rings (SSSR count). The van der Waals surface area contributed by atoms with E-state index >= 15 is 0 Å². The molecule has 1 heterocycles. The fraction of sp³-hybridized carbons (Fsp3) is 0.111. The molecule has 116 valence electrons. The second-order valence-electron chi connectivity index (χ2n) is 4.86. The van der Waals surface area contributed by atoms with Gasteiger partial charge in [-0.15, -0.1) is 0 Å². The summed E-state index contributed by atoms with van der Waals surface area (Å²) in [5, 5.41) is 5.36. The molecule has 0 fully saturated rings. The number of rotatable bonds is 5. The van der Waals surface area contributed by atoms with Crippen LogP contribution in [-0.2, 0) is 0 Å². The number of pyridine rings is 1. The number of hydrogen-bond donors (Lipinski definition) is 1. The third-order valence-corrected chi connectivity index (χ3v) is 3.46. The van der Waals surface area contributed by atoms with Gasteiger partial charge in [0.1, 0.15) is 11.5 Å². The summed E-state index contributed by atoms with van der Waals surface area (Å²) < 4.78 is 10.6. The van der Waals surface area contributed by atoms with E-state index in [1.54, 1.807) is 26.6 Å². The van der Waals surface area contributed by atoms with Gasteiger partial charge < -0.3 is 9.47 Å². The van der Waals surface area contributed by atoms with Crippen LogP contribution in [-0.4, -0.2) is 25.4 Å². The summed E-state index contributed by atoms with van der Waals surface area (Å²) in [6, 6.07) is 15.4. The predicted octanol–water partition coefficient (Wildman–Crippen LogP) is 3.70. The number of benzene rings is 2. The molecule has 0 bridgehead atoms. The molecule has 5 heteroatoms.